The fourth-order valence-electron chi connectivity index (χ4n) is 1.05. The summed E-state index contributed by atoms with van der Waals surface area (Å²) in [5, 5.41) is 9.25. The van der Waals surface area contributed by atoms with Crippen molar-refractivity contribution in [2.75, 3.05) is 0 Å². The smallest absolute Gasteiger partial charge is 0.274 e. The zero-order valence-corrected chi connectivity index (χ0v) is 9.28. The fourth-order valence-corrected chi connectivity index (χ4v) is 1.21. The van der Waals surface area contributed by atoms with Gasteiger partial charge >= 0.3 is 0 Å². The minimum atomic E-state index is -0.796. The molecule has 0 aromatic heterocycles. The summed E-state index contributed by atoms with van der Waals surface area (Å²) in [6.45, 7) is 1.52. The van der Waals surface area contributed by atoms with Gasteiger partial charge in [0.2, 0.25) is 0 Å². The Hall–Kier alpha value is -1.77. The summed E-state index contributed by atoms with van der Waals surface area (Å²) in [4.78, 5) is 11.1. The van der Waals surface area contributed by atoms with Crippen LogP contribution in [-0.2, 0) is 4.79 Å². The lowest BCUT2D eigenvalue weighted by atomic mass is 10.2. The number of hydrogen-bond acceptors (Lipinski definition) is 4. The van der Waals surface area contributed by atoms with Crippen LogP contribution in [0, 0.1) is 11.3 Å². The Labute approximate surface area is 97.7 Å². The highest BCUT2D eigenvalue weighted by Crippen LogP contribution is 2.23. The number of nitriles is 1. The fraction of sp³-hybridized carbons (Fsp3) is 0.200. The Morgan fingerprint density at radius 1 is 1.69 bits per heavy atom. The Morgan fingerprint density at radius 3 is 2.94 bits per heavy atom. The van der Waals surface area contributed by atoms with E-state index in [0.717, 1.165) is 0 Å². The van der Waals surface area contributed by atoms with Gasteiger partial charge in [-0.2, -0.15) is 5.26 Å². The summed E-state index contributed by atoms with van der Waals surface area (Å²) in [6.07, 6.45) is -0.796. The molecule has 0 saturated carbocycles. The van der Waals surface area contributed by atoms with Gasteiger partial charge in [0, 0.05) is 11.1 Å². The van der Waals surface area contributed by atoms with Gasteiger partial charge in [0.25, 0.3) is 5.91 Å². The SMILES string of the molecule is CC(Oc1cc(Cl)ccc1C#N)C(=O)NN. The van der Waals surface area contributed by atoms with Crippen molar-refractivity contribution < 1.29 is 9.53 Å². The van der Waals surface area contributed by atoms with E-state index < -0.39 is 12.0 Å². The van der Waals surface area contributed by atoms with E-state index in [-0.39, 0.29) is 5.75 Å². The first kappa shape index (κ1) is 12.3. The molecular formula is C10H10ClN3O2. The lowest BCUT2D eigenvalue weighted by molar-refractivity contribution is -0.127. The molecule has 0 fully saturated rings. The second-order valence-electron chi connectivity index (χ2n) is 3.02. The number of hydrogen-bond donors (Lipinski definition) is 2. The molecule has 0 spiro atoms. The molecule has 1 aromatic carbocycles. The quantitative estimate of drug-likeness (QED) is 0.467. The van der Waals surface area contributed by atoms with Crippen LogP contribution in [0.2, 0.25) is 5.02 Å². The average molecular weight is 240 g/mol. The van der Waals surface area contributed by atoms with E-state index in [1.165, 1.54) is 19.1 Å². The molecule has 0 aliphatic rings. The van der Waals surface area contributed by atoms with Gasteiger partial charge in [-0.25, -0.2) is 5.84 Å². The molecule has 1 aromatic rings. The van der Waals surface area contributed by atoms with Gasteiger partial charge in [0.1, 0.15) is 11.8 Å². The average Bonchev–Trinajstić information content (AvgIpc) is 2.28. The second kappa shape index (κ2) is 5.35. The lowest BCUT2D eigenvalue weighted by Gasteiger charge is -2.13. The summed E-state index contributed by atoms with van der Waals surface area (Å²) < 4.78 is 5.27. The number of carbonyl (C=O) groups excluding carboxylic acids is 1. The maximum Gasteiger partial charge on any atom is 0.274 e. The number of halogens is 1. The molecule has 0 radical (unpaired) electrons. The van der Waals surface area contributed by atoms with Crippen molar-refractivity contribution >= 4 is 17.5 Å². The molecule has 1 atom stereocenters. The number of rotatable bonds is 3. The molecule has 1 amide bonds. The van der Waals surface area contributed by atoms with Crippen molar-refractivity contribution in [3.05, 3.63) is 28.8 Å². The summed E-state index contributed by atoms with van der Waals surface area (Å²) in [5.41, 5.74) is 2.26. The Bertz CT molecular complexity index is 442. The van der Waals surface area contributed by atoms with Crippen molar-refractivity contribution in [2.24, 2.45) is 5.84 Å². The third-order valence-electron chi connectivity index (χ3n) is 1.88. The highest BCUT2D eigenvalue weighted by Gasteiger charge is 2.15. The van der Waals surface area contributed by atoms with Gasteiger partial charge in [-0.3, -0.25) is 10.2 Å². The van der Waals surface area contributed by atoms with Crippen LogP contribution in [0.3, 0.4) is 0 Å². The first-order valence-electron chi connectivity index (χ1n) is 4.45. The molecule has 0 heterocycles. The molecule has 1 rings (SSSR count). The summed E-state index contributed by atoms with van der Waals surface area (Å²) in [7, 11) is 0. The van der Waals surface area contributed by atoms with Crippen molar-refractivity contribution in [3.8, 4) is 11.8 Å². The summed E-state index contributed by atoms with van der Waals surface area (Å²) in [5.74, 6) is 4.73. The maximum atomic E-state index is 11.1. The van der Waals surface area contributed by atoms with E-state index in [2.05, 4.69) is 0 Å². The van der Waals surface area contributed by atoms with Crippen molar-refractivity contribution in [2.45, 2.75) is 13.0 Å². The van der Waals surface area contributed by atoms with Gasteiger partial charge in [0.15, 0.2) is 6.10 Å². The van der Waals surface area contributed by atoms with E-state index >= 15 is 0 Å². The zero-order valence-electron chi connectivity index (χ0n) is 8.53. The van der Waals surface area contributed by atoms with Crippen molar-refractivity contribution in [1.82, 2.24) is 5.43 Å². The van der Waals surface area contributed by atoms with Crippen LogP contribution in [-0.4, -0.2) is 12.0 Å². The van der Waals surface area contributed by atoms with E-state index in [4.69, 9.17) is 27.4 Å². The zero-order chi connectivity index (χ0) is 12.1. The highest BCUT2D eigenvalue weighted by molar-refractivity contribution is 6.30. The monoisotopic (exact) mass is 239 g/mol. The maximum absolute atomic E-state index is 11.1. The van der Waals surface area contributed by atoms with Crippen LogP contribution in [0.5, 0.6) is 5.75 Å². The largest absolute Gasteiger partial charge is 0.479 e. The molecule has 5 nitrogen and oxygen atoms in total. The van der Waals surface area contributed by atoms with Crippen LogP contribution < -0.4 is 16.0 Å². The van der Waals surface area contributed by atoms with E-state index in [0.29, 0.717) is 10.6 Å². The molecule has 16 heavy (non-hydrogen) atoms. The van der Waals surface area contributed by atoms with Gasteiger partial charge < -0.3 is 4.74 Å². The normalized spacial score (nSPS) is 11.4. The predicted octanol–water partition coefficient (Wildman–Crippen LogP) is 0.969. The van der Waals surface area contributed by atoms with Crippen LogP contribution in [0.1, 0.15) is 12.5 Å². The number of hydrazine groups is 1. The number of amides is 1. The highest BCUT2D eigenvalue weighted by atomic mass is 35.5. The van der Waals surface area contributed by atoms with Gasteiger partial charge in [0.05, 0.1) is 5.56 Å². The second-order valence-corrected chi connectivity index (χ2v) is 3.46. The summed E-state index contributed by atoms with van der Waals surface area (Å²) >= 11 is 5.76. The van der Waals surface area contributed by atoms with Crippen LogP contribution >= 0.6 is 11.6 Å². The minimum Gasteiger partial charge on any atom is -0.479 e. The molecule has 0 saturated heterocycles. The third kappa shape index (κ3) is 2.86. The lowest BCUT2D eigenvalue weighted by Crippen LogP contribution is -2.40. The number of nitrogens with one attached hydrogen (secondary N) is 1. The van der Waals surface area contributed by atoms with Crippen molar-refractivity contribution in [1.29, 1.82) is 5.26 Å². The van der Waals surface area contributed by atoms with E-state index in [1.54, 1.807) is 6.07 Å². The molecule has 3 N–H and O–H groups in total. The molecule has 6 heteroatoms. The Kier molecular flexibility index (Phi) is 4.11. The van der Waals surface area contributed by atoms with E-state index in [9.17, 15) is 4.79 Å². The first-order chi connectivity index (χ1) is 7.58. The summed E-state index contributed by atoms with van der Waals surface area (Å²) in [6, 6.07) is 6.50. The van der Waals surface area contributed by atoms with Gasteiger partial charge in [-0.05, 0) is 19.1 Å². The third-order valence-corrected chi connectivity index (χ3v) is 2.11. The minimum absolute atomic E-state index is 0.256. The number of carbonyl (C=O) groups is 1. The van der Waals surface area contributed by atoms with Crippen LogP contribution in [0.4, 0.5) is 0 Å². The first-order valence-corrected chi connectivity index (χ1v) is 4.83. The van der Waals surface area contributed by atoms with Crippen LogP contribution in [0.25, 0.3) is 0 Å². The molecule has 1 unspecified atom stereocenters. The Morgan fingerprint density at radius 2 is 2.38 bits per heavy atom. The Balaban J connectivity index is 2.92. The topological polar surface area (TPSA) is 88.1 Å². The number of ether oxygens (including phenoxy) is 1. The van der Waals surface area contributed by atoms with Gasteiger partial charge in [-0.1, -0.05) is 11.6 Å². The molecule has 84 valence electrons. The standard InChI is InChI=1S/C10H10ClN3O2/c1-6(10(15)14-13)16-9-4-8(11)3-2-7(9)5-12/h2-4,6H,13H2,1H3,(H,14,15). The van der Waals surface area contributed by atoms with Crippen molar-refractivity contribution in [3.63, 3.8) is 0 Å². The number of nitrogens with zero attached hydrogens (tertiary/aromatic N) is 1. The molecule has 0 bridgehead atoms. The van der Waals surface area contributed by atoms with Gasteiger partial charge in [-0.15, -0.1) is 0 Å². The molecular weight excluding hydrogens is 230 g/mol. The number of benzene rings is 1. The molecule has 0 aliphatic carbocycles. The van der Waals surface area contributed by atoms with E-state index in [1.807, 2.05) is 11.5 Å². The van der Waals surface area contributed by atoms with Crippen LogP contribution in [0.15, 0.2) is 18.2 Å². The molecule has 0 aliphatic heterocycles. The predicted molar refractivity (Wildman–Crippen MR) is 58.6 cm³/mol. The number of nitrogens with two attached hydrogens (primary N) is 1.